The lowest BCUT2D eigenvalue weighted by Crippen LogP contribution is -2.44. The SMILES string of the molecule is COC(=O)[C@@](C)(C(C)=O)[C@@H]1CCCC(=O)C1. The third-order valence-corrected chi connectivity index (χ3v) is 3.64. The van der Waals surface area contributed by atoms with Crippen molar-refractivity contribution in [2.24, 2.45) is 11.3 Å². The molecule has 0 unspecified atom stereocenters. The van der Waals surface area contributed by atoms with Gasteiger partial charge in [0.25, 0.3) is 0 Å². The van der Waals surface area contributed by atoms with Crippen molar-refractivity contribution in [2.45, 2.75) is 39.5 Å². The molecule has 1 rings (SSSR count). The van der Waals surface area contributed by atoms with Crippen molar-refractivity contribution in [1.82, 2.24) is 0 Å². The summed E-state index contributed by atoms with van der Waals surface area (Å²) in [4.78, 5) is 34.8. The van der Waals surface area contributed by atoms with Crippen molar-refractivity contribution in [1.29, 1.82) is 0 Å². The molecule has 0 saturated heterocycles. The van der Waals surface area contributed by atoms with Gasteiger partial charge in [0.15, 0.2) is 0 Å². The minimum Gasteiger partial charge on any atom is -0.468 e. The number of rotatable bonds is 3. The van der Waals surface area contributed by atoms with Crippen LogP contribution in [0.5, 0.6) is 0 Å². The van der Waals surface area contributed by atoms with Crippen LogP contribution in [-0.4, -0.2) is 24.6 Å². The molecule has 4 heteroatoms. The number of Topliss-reactive ketones (excluding diaryl/α,β-unsaturated/α-hetero) is 2. The first-order chi connectivity index (χ1) is 7.42. The highest BCUT2D eigenvalue weighted by molar-refractivity contribution is 6.03. The fourth-order valence-corrected chi connectivity index (χ4v) is 2.33. The maximum Gasteiger partial charge on any atom is 0.319 e. The average molecular weight is 226 g/mol. The van der Waals surface area contributed by atoms with E-state index in [9.17, 15) is 14.4 Å². The van der Waals surface area contributed by atoms with E-state index in [1.807, 2.05) is 0 Å². The molecule has 0 amide bonds. The van der Waals surface area contributed by atoms with Crippen molar-refractivity contribution < 1.29 is 19.1 Å². The monoisotopic (exact) mass is 226 g/mol. The van der Waals surface area contributed by atoms with E-state index < -0.39 is 11.4 Å². The van der Waals surface area contributed by atoms with Gasteiger partial charge in [-0.15, -0.1) is 0 Å². The molecule has 0 aromatic rings. The van der Waals surface area contributed by atoms with Crippen LogP contribution in [0.15, 0.2) is 0 Å². The predicted molar refractivity (Wildman–Crippen MR) is 57.8 cm³/mol. The van der Waals surface area contributed by atoms with Crippen LogP contribution in [0.4, 0.5) is 0 Å². The van der Waals surface area contributed by atoms with Crippen molar-refractivity contribution in [3.63, 3.8) is 0 Å². The summed E-state index contributed by atoms with van der Waals surface area (Å²) in [5, 5.41) is 0. The van der Waals surface area contributed by atoms with Gasteiger partial charge in [-0.1, -0.05) is 0 Å². The summed E-state index contributed by atoms with van der Waals surface area (Å²) in [7, 11) is 1.27. The number of esters is 1. The molecule has 0 heterocycles. The summed E-state index contributed by atoms with van der Waals surface area (Å²) in [6.07, 6.45) is 2.36. The number of hydrogen-bond donors (Lipinski definition) is 0. The summed E-state index contributed by atoms with van der Waals surface area (Å²) in [5.41, 5.74) is -1.16. The molecule has 16 heavy (non-hydrogen) atoms. The third kappa shape index (κ3) is 2.15. The van der Waals surface area contributed by atoms with Gasteiger partial charge in [-0.2, -0.15) is 0 Å². The van der Waals surface area contributed by atoms with E-state index >= 15 is 0 Å². The number of ether oxygens (including phenoxy) is 1. The Kier molecular flexibility index (Phi) is 3.83. The number of carbonyl (C=O) groups excluding carboxylic acids is 3. The zero-order valence-corrected chi connectivity index (χ0v) is 10.0. The fourth-order valence-electron chi connectivity index (χ4n) is 2.33. The Morgan fingerprint density at radius 3 is 2.50 bits per heavy atom. The van der Waals surface area contributed by atoms with Crippen LogP contribution in [0.2, 0.25) is 0 Å². The third-order valence-electron chi connectivity index (χ3n) is 3.64. The van der Waals surface area contributed by atoms with Gasteiger partial charge in [0.1, 0.15) is 17.0 Å². The van der Waals surface area contributed by atoms with Crippen molar-refractivity contribution in [2.75, 3.05) is 7.11 Å². The summed E-state index contributed by atoms with van der Waals surface area (Å²) in [6, 6.07) is 0. The van der Waals surface area contributed by atoms with E-state index in [1.165, 1.54) is 14.0 Å². The molecule has 0 spiro atoms. The maximum atomic E-state index is 11.7. The van der Waals surface area contributed by atoms with Crippen LogP contribution >= 0.6 is 0 Å². The summed E-state index contributed by atoms with van der Waals surface area (Å²) in [6.45, 7) is 2.97. The lowest BCUT2D eigenvalue weighted by atomic mass is 9.67. The van der Waals surface area contributed by atoms with Gasteiger partial charge in [0.2, 0.25) is 0 Å². The van der Waals surface area contributed by atoms with Gasteiger partial charge in [-0.3, -0.25) is 14.4 Å². The zero-order chi connectivity index (χ0) is 12.3. The molecule has 2 atom stereocenters. The van der Waals surface area contributed by atoms with Gasteiger partial charge in [0.05, 0.1) is 7.11 Å². The largest absolute Gasteiger partial charge is 0.468 e. The second kappa shape index (κ2) is 4.76. The van der Waals surface area contributed by atoms with Crippen molar-refractivity contribution in [3.05, 3.63) is 0 Å². The Balaban J connectivity index is 2.97. The molecule has 1 saturated carbocycles. The number of hydrogen-bond acceptors (Lipinski definition) is 4. The topological polar surface area (TPSA) is 60.4 Å². The maximum absolute atomic E-state index is 11.7. The first-order valence-corrected chi connectivity index (χ1v) is 5.54. The zero-order valence-electron chi connectivity index (χ0n) is 10.0. The predicted octanol–water partition coefficient (Wildman–Crippen LogP) is 1.51. The van der Waals surface area contributed by atoms with Crippen LogP contribution < -0.4 is 0 Å². The highest BCUT2D eigenvalue weighted by Crippen LogP contribution is 2.39. The Morgan fingerprint density at radius 1 is 1.44 bits per heavy atom. The van der Waals surface area contributed by atoms with Gasteiger partial charge in [-0.05, 0) is 32.6 Å². The lowest BCUT2D eigenvalue weighted by molar-refractivity contribution is -0.161. The summed E-state index contributed by atoms with van der Waals surface area (Å²) in [5.74, 6) is -0.829. The first-order valence-electron chi connectivity index (χ1n) is 5.54. The smallest absolute Gasteiger partial charge is 0.319 e. The Morgan fingerprint density at radius 2 is 2.06 bits per heavy atom. The highest BCUT2D eigenvalue weighted by Gasteiger charge is 2.47. The number of carbonyl (C=O) groups is 3. The molecule has 90 valence electrons. The van der Waals surface area contributed by atoms with Gasteiger partial charge in [-0.25, -0.2) is 0 Å². The lowest BCUT2D eigenvalue weighted by Gasteiger charge is -2.34. The molecule has 0 bridgehead atoms. The van der Waals surface area contributed by atoms with Gasteiger partial charge >= 0.3 is 5.97 Å². The molecule has 0 aliphatic heterocycles. The molecule has 0 aromatic heterocycles. The number of methoxy groups -OCH3 is 1. The Bertz CT molecular complexity index is 321. The van der Waals surface area contributed by atoms with Crippen LogP contribution in [0.1, 0.15) is 39.5 Å². The number of ketones is 2. The second-order valence-electron chi connectivity index (χ2n) is 4.58. The Hall–Kier alpha value is -1.19. The van der Waals surface area contributed by atoms with E-state index in [0.29, 0.717) is 12.8 Å². The average Bonchev–Trinajstić information content (AvgIpc) is 2.26. The van der Waals surface area contributed by atoms with E-state index in [0.717, 1.165) is 12.8 Å². The molecular weight excluding hydrogens is 208 g/mol. The fraction of sp³-hybridized carbons (Fsp3) is 0.750. The Labute approximate surface area is 95.3 Å². The van der Waals surface area contributed by atoms with Crippen molar-refractivity contribution in [3.8, 4) is 0 Å². The molecule has 1 aliphatic carbocycles. The van der Waals surface area contributed by atoms with Gasteiger partial charge < -0.3 is 4.74 Å². The standard InChI is InChI=1S/C12H18O4/c1-8(13)12(2,11(15)16-3)9-5-4-6-10(14)7-9/h9H,4-7H2,1-3H3/t9-,12+/m1/s1. The van der Waals surface area contributed by atoms with Gasteiger partial charge in [0, 0.05) is 12.8 Å². The van der Waals surface area contributed by atoms with Crippen LogP contribution in [0.25, 0.3) is 0 Å². The van der Waals surface area contributed by atoms with Crippen LogP contribution in [0, 0.1) is 11.3 Å². The molecule has 0 aromatic carbocycles. The minimum absolute atomic E-state index is 0.132. The molecule has 1 fully saturated rings. The molecular formula is C12H18O4. The molecule has 1 aliphatic rings. The van der Waals surface area contributed by atoms with E-state index in [1.54, 1.807) is 6.92 Å². The summed E-state index contributed by atoms with van der Waals surface area (Å²) >= 11 is 0. The minimum atomic E-state index is -1.16. The van der Waals surface area contributed by atoms with E-state index in [-0.39, 0.29) is 17.5 Å². The van der Waals surface area contributed by atoms with Crippen LogP contribution in [-0.2, 0) is 19.1 Å². The second-order valence-corrected chi connectivity index (χ2v) is 4.58. The first kappa shape index (κ1) is 12.9. The van der Waals surface area contributed by atoms with E-state index in [2.05, 4.69) is 0 Å². The molecule has 0 radical (unpaired) electrons. The summed E-state index contributed by atoms with van der Waals surface area (Å²) < 4.78 is 4.69. The normalized spacial score (nSPS) is 24.7. The highest BCUT2D eigenvalue weighted by atomic mass is 16.5. The van der Waals surface area contributed by atoms with E-state index in [4.69, 9.17) is 4.74 Å². The molecule has 0 N–H and O–H groups in total. The quantitative estimate of drug-likeness (QED) is 0.540. The van der Waals surface area contributed by atoms with Crippen LogP contribution in [0.3, 0.4) is 0 Å². The molecule has 4 nitrogen and oxygen atoms in total. The van der Waals surface area contributed by atoms with Crippen molar-refractivity contribution >= 4 is 17.5 Å².